The Morgan fingerprint density at radius 1 is 1.07 bits per heavy atom. The number of nitrogens with one attached hydrogen (secondary N) is 1. The molecule has 1 N–H and O–H groups in total. The van der Waals surface area contributed by atoms with Crippen LogP contribution in [0.1, 0.15) is 60.0 Å². The monoisotopic (exact) mass is 409 g/mol. The zero-order valence-corrected chi connectivity index (χ0v) is 17.9. The van der Waals surface area contributed by atoms with Crippen LogP contribution in [0.4, 0.5) is 5.82 Å². The highest BCUT2D eigenvalue weighted by Crippen LogP contribution is 2.22. The van der Waals surface area contributed by atoms with Crippen molar-refractivity contribution in [3.05, 3.63) is 53.2 Å². The smallest absolute Gasteiger partial charge is 0.220 e. The van der Waals surface area contributed by atoms with E-state index in [1.807, 2.05) is 31.3 Å². The molecule has 6 nitrogen and oxygen atoms in total. The van der Waals surface area contributed by atoms with Crippen LogP contribution in [0.25, 0.3) is 0 Å². The van der Waals surface area contributed by atoms with Crippen molar-refractivity contribution in [2.24, 2.45) is 0 Å². The van der Waals surface area contributed by atoms with Gasteiger partial charge < -0.3 is 15.0 Å². The first kappa shape index (κ1) is 21.8. The number of ether oxygens (including phenoxy) is 1. The third-order valence-electron chi connectivity index (χ3n) is 5.46. The van der Waals surface area contributed by atoms with E-state index in [0.29, 0.717) is 17.9 Å². The molecule has 1 aromatic carbocycles. The van der Waals surface area contributed by atoms with Gasteiger partial charge in [0.1, 0.15) is 11.6 Å². The number of nitrogens with zero attached hydrogens (tertiary/aromatic N) is 2. The molecule has 1 aliphatic rings. The van der Waals surface area contributed by atoms with E-state index in [4.69, 9.17) is 4.74 Å². The first-order valence-electron chi connectivity index (χ1n) is 10.7. The number of carbonyl (C=O) groups is 2. The predicted molar refractivity (Wildman–Crippen MR) is 118 cm³/mol. The lowest BCUT2D eigenvalue weighted by Crippen LogP contribution is -2.25. The third kappa shape index (κ3) is 6.05. The fraction of sp³-hybridized carbons (Fsp3) is 0.458. The number of carbonyl (C=O) groups excluding carboxylic acids is 2. The molecule has 1 saturated heterocycles. The fourth-order valence-corrected chi connectivity index (χ4v) is 3.70. The number of aromatic nitrogens is 1. The first-order valence-corrected chi connectivity index (χ1v) is 10.7. The van der Waals surface area contributed by atoms with Crippen molar-refractivity contribution < 1.29 is 14.3 Å². The fourth-order valence-electron chi connectivity index (χ4n) is 3.70. The minimum atomic E-state index is -0.147. The number of pyridine rings is 1. The Balaban J connectivity index is 1.46. The van der Waals surface area contributed by atoms with Crippen molar-refractivity contribution in [3.63, 3.8) is 0 Å². The van der Waals surface area contributed by atoms with E-state index in [0.717, 1.165) is 30.0 Å². The van der Waals surface area contributed by atoms with Gasteiger partial charge >= 0.3 is 0 Å². The Kier molecular flexibility index (Phi) is 7.82. The molecule has 1 aliphatic heterocycles. The van der Waals surface area contributed by atoms with Crippen LogP contribution in [0.2, 0.25) is 0 Å². The number of hydrogen-bond donors (Lipinski definition) is 1. The first-order chi connectivity index (χ1) is 14.6. The van der Waals surface area contributed by atoms with Crippen molar-refractivity contribution in [2.75, 3.05) is 25.1 Å². The quantitative estimate of drug-likeness (QED) is 0.666. The molecule has 0 bridgehead atoms. The summed E-state index contributed by atoms with van der Waals surface area (Å²) < 4.78 is 5.26. The third-order valence-corrected chi connectivity index (χ3v) is 5.46. The molecule has 0 radical (unpaired) electrons. The van der Waals surface area contributed by atoms with Gasteiger partial charge in [-0.3, -0.25) is 9.59 Å². The second-order valence-electron chi connectivity index (χ2n) is 7.83. The number of hydrogen-bond acceptors (Lipinski definition) is 5. The predicted octanol–water partition coefficient (Wildman–Crippen LogP) is 4.06. The summed E-state index contributed by atoms with van der Waals surface area (Å²) in [5.74, 6) is 1.31. The van der Waals surface area contributed by atoms with Gasteiger partial charge in [0, 0.05) is 38.7 Å². The molecule has 2 heterocycles. The van der Waals surface area contributed by atoms with Crippen molar-refractivity contribution in [3.8, 4) is 5.75 Å². The maximum atomic E-state index is 12.5. The standard InChI is InChI=1S/C24H31N3O3/c1-18-7-10-22(30-2)20(15-18)21(28)9-12-24(29)26-17-19-8-11-23(25-16-19)27-13-5-3-4-6-14-27/h7-8,10-11,15-16H,3-6,9,12-14,17H2,1-2H3,(H,26,29). The van der Waals surface area contributed by atoms with E-state index in [-0.39, 0.29) is 24.5 Å². The summed E-state index contributed by atoms with van der Waals surface area (Å²) in [6, 6.07) is 9.52. The minimum absolute atomic E-state index is 0.0887. The minimum Gasteiger partial charge on any atom is -0.496 e. The summed E-state index contributed by atoms with van der Waals surface area (Å²) in [4.78, 5) is 31.6. The van der Waals surface area contributed by atoms with E-state index in [1.165, 1.54) is 25.7 Å². The molecule has 0 spiro atoms. The Morgan fingerprint density at radius 3 is 2.50 bits per heavy atom. The van der Waals surface area contributed by atoms with Gasteiger partial charge in [-0.05, 0) is 43.5 Å². The summed E-state index contributed by atoms with van der Waals surface area (Å²) in [6.45, 7) is 4.45. The van der Waals surface area contributed by atoms with Gasteiger partial charge in [0.25, 0.3) is 0 Å². The highest BCUT2D eigenvalue weighted by molar-refractivity contribution is 6.00. The average Bonchev–Trinajstić information content (AvgIpc) is 3.06. The van der Waals surface area contributed by atoms with Gasteiger partial charge in [-0.25, -0.2) is 4.98 Å². The highest BCUT2D eigenvalue weighted by Gasteiger charge is 2.15. The molecular formula is C24H31N3O3. The number of anilines is 1. The van der Waals surface area contributed by atoms with Crippen LogP contribution >= 0.6 is 0 Å². The zero-order chi connectivity index (χ0) is 21.3. The van der Waals surface area contributed by atoms with Gasteiger partial charge in [-0.15, -0.1) is 0 Å². The van der Waals surface area contributed by atoms with Crippen LogP contribution < -0.4 is 15.0 Å². The van der Waals surface area contributed by atoms with Gasteiger partial charge in [-0.1, -0.05) is 30.5 Å². The molecule has 6 heteroatoms. The molecule has 1 fully saturated rings. The summed E-state index contributed by atoms with van der Waals surface area (Å²) in [5.41, 5.74) is 2.46. The molecule has 3 rings (SSSR count). The highest BCUT2D eigenvalue weighted by atomic mass is 16.5. The van der Waals surface area contributed by atoms with Crippen molar-refractivity contribution in [1.82, 2.24) is 10.3 Å². The molecule has 30 heavy (non-hydrogen) atoms. The van der Waals surface area contributed by atoms with E-state index in [1.54, 1.807) is 19.2 Å². The van der Waals surface area contributed by atoms with Crippen LogP contribution in [-0.4, -0.2) is 36.9 Å². The number of Topliss-reactive ketones (excluding diaryl/α,β-unsaturated/α-hetero) is 1. The summed E-state index contributed by atoms with van der Waals surface area (Å²) >= 11 is 0. The summed E-state index contributed by atoms with van der Waals surface area (Å²) in [6.07, 6.45) is 7.13. The van der Waals surface area contributed by atoms with Gasteiger partial charge in [0.15, 0.2) is 5.78 Å². The van der Waals surface area contributed by atoms with E-state index in [2.05, 4.69) is 15.2 Å². The summed E-state index contributed by atoms with van der Waals surface area (Å²) in [7, 11) is 1.54. The van der Waals surface area contributed by atoms with Gasteiger partial charge in [0.2, 0.25) is 5.91 Å². The molecule has 160 valence electrons. The second kappa shape index (κ2) is 10.8. The van der Waals surface area contributed by atoms with Crippen LogP contribution in [0, 0.1) is 6.92 Å². The average molecular weight is 410 g/mol. The SMILES string of the molecule is COc1ccc(C)cc1C(=O)CCC(=O)NCc1ccc(N2CCCCCC2)nc1. The lowest BCUT2D eigenvalue weighted by molar-refractivity contribution is -0.121. The number of benzene rings is 1. The van der Waals surface area contributed by atoms with Gasteiger partial charge in [-0.2, -0.15) is 0 Å². The molecule has 0 unspecified atom stereocenters. The molecule has 2 aromatic rings. The largest absolute Gasteiger partial charge is 0.496 e. The molecule has 0 saturated carbocycles. The number of rotatable bonds is 8. The van der Waals surface area contributed by atoms with E-state index in [9.17, 15) is 9.59 Å². The molecule has 0 aliphatic carbocycles. The Bertz CT molecular complexity index is 856. The van der Waals surface area contributed by atoms with Crippen molar-refractivity contribution in [2.45, 2.75) is 52.0 Å². The van der Waals surface area contributed by atoms with Crippen LogP contribution in [0.5, 0.6) is 5.75 Å². The Labute approximate surface area is 178 Å². The lowest BCUT2D eigenvalue weighted by atomic mass is 10.0. The summed E-state index contributed by atoms with van der Waals surface area (Å²) in [5, 5.41) is 2.88. The number of amides is 1. The second-order valence-corrected chi connectivity index (χ2v) is 7.83. The van der Waals surface area contributed by atoms with Gasteiger partial charge in [0.05, 0.1) is 12.7 Å². The normalized spacial score (nSPS) is 14.1. The van der Waals surface area contributed by atoms with Crippen LogP contribution in [0.3, 0.4) is 0 Å². The lowest BCUT2D eigenvalue weighted by Gasteiger charge is -2.21. The van der Waals surface area contributed by atoms with E-state index >= 15 is 0 Å². The zero-order valence-electron chi connectivity index (χ0n) is 17.9. The topological polar surface area (TPSA) is 71.5 Å². The molecule has 0 atom stereocenters. The maximum absolute atomic E-state index is 12.5. The van der Waals surface area contributed by atoms with E-state index < -0.39 is 0 Å². The van der Waals surface area contributed by atoms with Crippen molar-refractivity contribution >= 4 is 17.5 Å². The number of aryl methyl sites for hydroxylation is 1. The molecule has 1 amide bonds. The Hall–Kier alpha value is -2.89. The van der Waals surface area contributed by atoms with Crippen LogP contribution in [0.15, 0.2) is 36.5 Å². The number of ketones is 1. The van der Waals surface area contributed by atoms with Crippen molar-refractivity contribution in [1.29, 1.82) is 0 Å². The maximum Gasteiger partial charge on any atom is 0.220 e. The Morgan fingerprint density at radius 2 is 1.83 bits per heavy atom. The molecule has 1 aromatic heterocycles. The molecular weight excluding hydrogens is 378 g/mol. The van der Waals surface area contributed by atoms with Crippen LogP contribution in [-0.2, 0) is 11.3 Å². The number of methoxy groups -OCH3 is 1.